The lowest BCUT2D eigenvalue weighted by atomic mass is 10.2. The summed E-state index contributed by atoms with van der Waals surface area (Å²) in [6.45, 7) is 8.89. The maximum absolute atomic E-state index is 12.5. The Bertz CT molecular complexity index is 664. The monoisotopic (exact) mass is 319 g/mol. The number of thiophene rings is 1. The van der Waals surface area contributed by atoms with Crippen LogP contribution in [0.3, 0.4) is 0 Å². The van der Waals surface area contributed by atoms with Gasteiger partial charge < -0.3 is 14.8 Å². The molecule has 0 aliphatic carbocycles. The first kappa shape index (κ1) is 16.4. The molecule has 0 unspecified atom stereocenters. The fourth-order valence-electron chi connectivity index (χ4n) is 2.19. The van der Waals surface area contributed by atoms with E-state index in [1.807, 2.05) is 45.9 Å². The summed E-state index contributed by atoms with van der Waals surface area (Å²) in [5.74, 6) is 1.22. The van der Waals surface area contributed by atoms with Gasteiger partial charge in [0.05, 0.1) is 24.5 Å². The Morgan fingerprint density at radius 2 is 1.86 bits per heavy atom. The van der Waals surface area contributed by atoms with Crippen LogP contribution in [0.1, 0.15) is 34.0 Å². The van der Waals surface area contributed by atoms with Crippen LogP contribution in [-0.4, -0.2) is 19.1 Å². The van der Waals surface area contributed by atoms with Crippen molar-refractivity contribution in [1.29, 1.82) is 0 Å². The van der Waals surface area contributed by atoms with Gasteiger partial charge in [-0.2, -0.15) is 0 Å². The van der Waals surface area contributed by atoms with Crippen LogP contribution in [0.2, 0.25) is 0 Å². The number of hydrogen-bond acceptors (Lipinski definition) is 4. The van der Waals surface area contributed by atoms with Crippen LogP contribution in [-0.2, 0) is 0 Å². The quantitative estimate of drug-likeness (QED) is 0.857. The van der Waals surface area contributed by atoms with E-state index < -0.39 is 0 Å². The fraction of sp³-hybridized carbons (Fsp3) is 0.353. The number of aryl methyl sites for hydroxylation is 2. The molecule has 1 aromatic heterocycles. The summed E-state index contributed by atoms with van der Waals surface area (Å²) in [6.07, 6.45) is 0. The predicted octanol–water partition coefficient (Wildman–Crippen LogP) is 4.41. The standard InChI is InChI=1S/C17H21NO3S/c1-5-20-13-7-8-16(21-6-2)15(10-13)18-17(19)14-9-11(3)22-12(14)4/h7-10H,5-6H2,1-4H3,(H,18,19). The first-order valence-corrected chi connectivity index (χ1v) is 8.14. The van der Waals surface area contributed by atoms with Gasteiger partial charge in [-0.3, -0.25) is 4.79 Å². The number of carbonyl (C=O) groups is 1. The molecule has 0 bridgehead atoms. The first-order valence-electron chi connectivity index (χ1n) is 7.33. The minimum Gasteiger partial charge on any atom is -0.494 e. The average molecular weight is 319 g/mol. The summed E-state index contributed by atoms with van der Waals surface area (Å²) in [5.41, 5.74) is 1.33. The van der Waals surface area contributed by atoms with Crippen molar-refractivity contribution in [3.63, 3.8) is 0 Å². The molecule has 1 heterocycles. The summed E-state index contributed by atoms with van der Waals surface area (Å²) in [7, 11) is 0. The number of benzene rings is 1. The van der Waals surface area contributed by atoms with Crippen molar-refractivity contribution in [2.75, 3.05) is 18.5 Å². The maximum atomic E-state index is 12.5. The highest BCUT2D eigenvalue weighted by atomic mass is 32.1. The van der Waals surface area contributed by atoms with Crippen molar-refractivity contribution in [2.45, 2.75) is 27.7 Å². The molecule has 5 heteroatoms. The van der Waals surface area contributed by atoms with Crippen molar-refractivity contribution in [3.05, 3.63) is 39.6 Å². The first-order chi connectivity index (χ1) is 10.5. The van der Waals surface area contributed by atoms with Crippen LogP contribution in [0.25, 0.3) is 0 Å². The zero-order valence-electron chi connectivity index (χ0n) is 13.4. The molecule has 4 nitrogen and oxygen atoms in total. The van der Waals surface area contributed by atoms with E-state index in [1.165, 1.54) is 0 Å². The summed E-state index contributed by atoms with van der Waals surface area (Å²) in [4.78, 5) is 14.6. The smallest absolute Gasteiger partial charge is 0.256 e. The van der Waals surface area contributed by atoms with Crippen LogP contribution < -0.4 is 14.8 Å². The molecular weight excluding hydrogens is 298 g/mol. The number of nitrogens with one attached hydrogen (secondary N) is 1. The highest BCUT2D eigenvalue weighted by molar-refractivity contribution is 7.12. The largest absolute Gasteiger partial charge is 0.494 e. The molecule has 118 valence electrons. The van der Waals surface area contributed by atoms with Gasteiger partial charge >= 0.3 is 0 Å². The van der Waals surface area contributed by atoms with E-state index in [9.17, 15) is 4.79 Å². The van der Waals surface area contributed by atoms with Gasteiger partial charge in [-0.15, -0.1) is 11.3 Å². The summed E-state index contributed by atoms with van der Waals surface area (Å²) in [5, 5.41) is 2.93. The third kappa shape index (κ3) is 3.80. The summed E-state index contributed by atoms with van der Waals surface area (Å²) in [6, 6.07) is 7.35. The van der Waals surface area contributed by atoms with Gasteiger partial charge in [0, 0.05) is 15.8 Å². The third-order valence-electron chi connectivity index (χ3n) is 3.10. The molecule has 1 aromatic carbocycles. The lowest BCUT2D eigenvalue weighted by molar-refractivity contribution is 0.102. The second-order valence-electron chi connectivity index (χ2n) is 4.81. The van der Waals surface area contributed by atoms with E-state index in [4.69, 9.17) is 9.47 Å². The molecule has 2 aromatic rings. The van der Waals surface area contributed by atoms with E-state index in [1.54, 1.807) is 17.4 Å². The number of amides is 1. The van der Waals surface area contributed by atoms with Crippen LogP contribution >= 0.6 is 11.3 Å². The molecule has 22 heavy (non-hydrogen) atoms. The van der Waals surface area contributed by atoms with E-state index in [0.717, 1.165) is 9.75 Å². The molecule has 0 radical (unpaired) electrons. The van der Waals surface area contributed by atoms with Crippen molar-refractivity contribution in [1.82, 2.24) is 0 Å². The molecule has 0 atom stereocenters. The van der Waals surface area contributed by atoms with Crippen LogP contribution in [0.5, 0.6) is 11.5 Å². The molecule has 0 saturated heterocycles. The van der Waals surface area contributed by atoms with Crippen molar-refractivity contribution in [2.24, 2.45) is 0 Å². The van der Waals surface area contributed by atoms with Crippen molar-refractivity contribution < 1.29 is 14.3 Å². The Morgan fingerprint density at radius 1 is 1.14 bits per heavy atom. The number of ether oxygens (including phenoxy) is 2. The van der Waals surface area contributed by atoms with Gasteiger partial charge in [-0.25, -0.2) is 0 Å². The molecule has 0 fully saturated rings. The van der Waals surface area contributed by atoms with Crippen LogP contribution in [0.15, 0.2) is 24.3 Å². The van der Waals surface area contributed by atoms with E-state index in [-0.39, 0.29) is 5.91 Å². The summed E-state index contributed by atoms with van der Waals surface area (Å²) >= 11 is 1.62. The van der Waals surface area contributed by atoms with E-state index >= 15 is 0 Å². The van der Waals surface area contributed by atoms with E-state index in [0.29, 0.717) is 36.0 Å². The van der Waals surface area contributed by atoms with Gasteiger partial charge in [0.25, 0.3) is 5.91 Å². The van der Waals surface area contributed by atoms with Gasteiger partial charge in [-0.1, -0.05) is 0 Å². The Balaban J connectivity index is 2.27. The van der Waals surface area contributed by atoms with Crippen LogP contribution in [0, 0.1) is 13.8 Å². The second-order valence-corrected chi connectivity index (χ2v) is 6.27. The fourth-order valence-corrected chi connectivity index (χ4v) is 3.11. The minimum absolute atomic E-state index is 0.128. The van der Waals surface area contributed by atoms with Gasteiger partial charge in [0.15, 0.2) is 0 Å². The van der Waals surface area contributed by atoms with Crippen molar-refractivity contribution in [3.8, 4) is 11.5 Å². The molecule has 0 aliphatic rings. The van der Waals surface area contributed by atoms with Crippen molar-refractivity contribution >= 4 is 22.9 Å². The topological polar surface area (TPSA) is 47.6 Å². The lowest BCUT2D eigenvalue weighted by Crippen LogP contribution is -2.13. The molecular formula is C17H21NO3S. The number of rotatable bonds is 6. The van der Waals surface area contributed by atoms with Gasteiger partial charge in [0.2, 0.25) is 0 Å². The summed E-state index contributed by atoms with van der Waals surface area (Å²) < 4.78 is 11.1. The molecule has 0 spiro atoms. The van der Waals surface area contributed by atoms with E-state index in [2.05, 4.69) is 5.32 Å². The van der Waals surface area contributed by atoms with Gasteiger partial charge in [-0.05, 0) is 45.9 Å². The molecule has 2 rings (SSSR count). The number of carbonyl (C=O) groups excluding carboxylic acids is 1. The Labute approximate surface area is 135 Å². The predicted molar refractivity (Wildman–Crippen MR) is 90.5 cm³/mol. The Morgan fingerprint density at radius 3 is 2.45 bits per heavy atom. The average Bonchev–Trinajstić information content (AvgIpc) is 2.81. The second kappa shape index (κ2) is 7.31. The number of anilines is 1. The zero-order valence-corrected chi connectivity index (χ0v) is 14.2. The maximum Gasteiger partial charge on any atom is 0.256 e. The molecule has 0 aliphatic heterocycles. The lowest BCUT2D eigenvalue weighted by Gasteiger charge is -2.13. The third-order valence-corrected chi connectivity index (χ3v) is 4.06. The van der Waals surface area contributed by atoms with Gasteiger partial charge in [0.1, 0.15) is 11.5 Å². The zero-order chi connectivity index (χ0) is 16.1. The normalized spacial score (nSPS) is 10.4. The van der Waals surface area contributed by atoms with Crippen LogP contribution in [0.4, 0.5) is 5.69 Å². The SMILES string of the molecule is CCOc1ccc(OCC)c(NC(=O)c2cc(C)sc2C)c1. The molecule has 1 amide bonds. The number of hydrogen-bond donors (Lipinski definition) is 1. The minimum atomic E-state index is -0.128. The Hall–Kier alpha value is -2.01. The highest BCUT2D eigenvalue weighted by Gasteiger charge is 2.15. The highest BCUT2D eigenvalue weighted by Crippen LogP contribution is 2.30. The molecule has 1 N–H and O–H groups in total. The Kier molecular flexibility index (Phi) is 5.44. The molecule has 0 saturated carbocycles.